The summed E-state index contributed by atoms with van der Waals surface area (Å²) in [4.78, 5) is 9.49. The van der Waals surface area contributed by atoms with Gasteiger partial charge in [-0.2, -0.15) is 11.8 Å². The van der Waals surface area contributed by atoms with Crippen LogP contribution in [0.15, 0.2) is 34.5 Å². The van der Waals surface area contributed by atoms with Crippen LogP contribution >= 0.6 is 11.8 Å². The van der Waals surface area contributed by atoms with Crippen LogP contribution in [-0.4, -0.2) is 71.7 Å². The van der Waals surface area contributed by atoms with Crippen LogP contribution in [0.3, 0.4) is 0 Å². The summed E-state index contributed by atoms with van der Waals surface area (Å²) in [5, 5.41) is 7.39. The average molecular weight is 337 g/mol. The van der Waals surface area contributed by atoms with E-state index in [1.807, 2.05) is 23.9 Å². The third-order valence-corrected chi connectivity index (χ3v) is 4.56. The number of guanidine groups is 1. The summed E-state index contributed by atoms with van der Waals surface area (Å²) in [6.07, 6.45) is 3.57. The van der Waals surface area contributed by atoms with Gasteiger partial charge in [-0.05, 0) is 6.92 Å². The van der Waals surface area contributed by atoms with Crippen LogP contribution < -0.4 is 5.32 Å². The molecule has 0 bridgehead atoms. The Labute approximate surface area is 143 Å². The zero-order valence-electron chi connectivity index (χ0n) is 13.9. The van der Waals surface area contributed by atoms with E-state index >= 15 is 0 Å². The second-order valence-electron chi connectivity index (χ2n) is 5.35. The van der Waals surface area contributed by atoms with E-state index in [-0.39, 0.29) is 0 Å². The Morgan fingerprint density at radius 3 is 2.96 bits per heavy atom. The fourth-order valence-corrected chi connectivity index (χ4v) is 3.03. The predicted octanol–water partition coefficient (Wildman–Crippen LogP) is 1.68. The molecule has 0 amide bonds. The zero-order chi connectivity index (χ0) is 16.3. The third-order valence-electron chi connectivity index (χ3n) is 3.62. The van der Waals surface area contributed by atoms with Gasteiger partial charge >= 0.3 is 0 Å². The minimum absolute atomic E-state index is 0.847. The number of rotatable bonds is 8. The summed E-state index contributed by atoms with van der Waals surface area (Å²) in [5.41, 5.74) is 0.998. The third kappa shape index (κ3) is 6.27. The molecule has 0 saturated carbocycles. The average Bonchev–Trinajstić information content (AvgIpc) is 3.07. The van der Waals surface area contributed by atoms with Crippen LogP contribution in [0.25, 0.3) is 0 Å². The summed E-state index contributed by atoms with van der Waals surface area (Å²) in [6.45, 7) is 12.5. The lowest BCUT2D eigenvalue weighted by molar-refractivity contribution is 0.169. The van der Waals surface area contributed by atoms with E-state index in [0.717, 1.165) is 69.0 Å². The minimum atomic E-state index is 0.847. The van der Waals surface area contributed by atoms with Crippen LogP contribution in [0.4, 0.5) is 0 Å². The molecule has 128 valence electrons. The number of aliphatic imine (C=N–C) groups is 1. The van der Waals surface area contributed by atoms with E-state index in [4.69, 9.17) is 9.52 Å². The predicted molar refractivity (Wildman–Crippen MR) is 96.9 cm³/mol. The number of hydrogen-bond acceptors (Lipinski definition) is 5. The second kappa shape index (κ2) is 10.3. The number of hydrogen-bond donors (Lipinski definition) is 1. The Morgan fingerprint density at radius 2 is 2.30 bits per heavy atom. The summed E-state index contributed by atoms with van der Waals surface area (Å²) < 4.78 is 4.90. The highest BCUT2D eigenvalue weighted by molar-refractivity contribution is 7.99. The summed E-state index contributed by atoms with van der Waals surface area (Å²) in [5.74, 6) is 3.06. The van der Waals surface area contributed by atoms with E-state index in [1.54, 1.807) is 6.26 Å². The molecule has 2 rings (SSSR count). The number of nitrogens with one attached hydrogen (secondary N) is 1. The van der Waals surface area contributed by atoms with Crippen molar-refractivity contribution in [3.05, 3.63) is 30.7 Å². The molecule has 6 nitrogen and oxygen atoms in total. The number of piperazine rings is 1. The fourth-order valence-electron chi connectivity index (χ4n) is 2.47. The van der Waals surface area contributed by atoms with Crippen LogP contribution in [0.1, 0.15) is 12.6 Å². The SMILES string of the molecule is C=CCSCCN=C(NCC)N1CCN(Cc2ccon2)CC1. The van der Waals surface area contributed by atoms with Crippen molar-refractivity contribution in [1.82, 2.24) is 20.3 Å². The van der Waals surface area contributed by atoms with Crippen molar-refractivity contribution in [1.29, 1.82) is 0 Å². The maximum absolute atomic E-state index is 4.90. The molecule has 1 fully saturated rings. The van der Waals surface area contributed by atoms with E-state index < -0.39 is 0 Å². The molecular weight excluding hydrogens is 310 g/mol. The van der Waals surface area contributed by atoms with Gasteiger partial charge in [-0.3, -0.25) is 9.89 Å². The van der Waals surface area contributed by atoms with Crippen LogP contribution in [0.5, 0.6) is 0 Å². The highest BCUT2D eigenvalue weighted by Gasteiger charge is 2.20. The van der Waals surface area contributed by atoms with Gasteiger partial charge in [0.05, 0.1) is 12.2 Å². The smallest absolute Gasteiger partial charge is 0.194 e. The molecule has 1 N–H and O–H groups in total. The summed E-state index contributed by atoms with van der Waals surface area (Å²) in [7, 11) is 0. The first-order valence-electron chi connectivity index (χ1n) is 8.17. The van der Waals surface area contributed by atoms with Crippen molar-refractivity contribution in [2.24, 2.45) is 4.99 Å². The van der Waals surface area contributed by atoms with Crippen molar-refractivity contribution in [3.63, 3.8) is 0 Å². The van der Waals surface area contributed by atoms with Gasteiger partial charge in [0.1, 0.15) is 6.26 Å². The largest absolute Gasteiger partial charge is 0.364 e. The fraction of sp³-hybridized carbons (Fsp3) is 0.625. The van der Waals surface area contributed by atoms with Gasteiger partial charge in [0.25, 0.3) is 0 Å². The van der Waals surface area contributed by atoms with Gasteiger partial charge in [0.2, 0.25) is 0 Å². The molecule has 1 aliphatic heterocycles. The summed E-state index contributed by atoms with van der Waals surface area (Å²) in [6, 6.07) is 1.93. The standard InChI is InChI=1S/C16H27N5OS/c1-3-12-23-13-6-18-16(17-4-2)21-9-7-20(8-10-21)14-15-5-11-22-19-15/h3,5,11H,1,4,6-10,12-14H2,2H3,(H,17,18). The van der Waals surface area contributed by atoms with Crippen molar-refractivity contribution >= 4 is 17.7 Å². The number of aromatic nitrogens is 1. The van der Waals surface area contributed by atoms with Gasteiger partial charge in [0.15, 0.2) is 5.96 Å². The molecule has 2 heterocycles. The Hall–Kier alpha value is -1.47. The van der Waals surface area contributed by atoms with Gasteiger partial charge in [0, 0.05) is 56.8 Å². The van der Waals surface area contributed by atoms with Crippen molar-refractivity contribution in [2.45, 2.75) is 13.5 Å². The zero-order valence-corrected chi connectivity index (χ0v) is 14.7. The second-order valence-corrected chi connectivity index (χ2v) is 6.50. The van der Waals surface area contributed by atoms with Gasteiger partial charge in [-0.15, -0.1) is 6.58 Å². The van der Waals surface area contributed by atoms with Gasteiger partial charge in [-0.1, -0.05) is 11.2 Å². The first kappa shape index (κ1) is 17.9. The number of thioether (sulfide) groups is 1. The normalized spacial score (nSPS) is 16.6. The molecule has 1 saturated heterocycles. The maximum atomic E-state index is 4.90. The quantitative estimate of drug-likeness (QED) is 0.337. The topological polar surface area (TPSA) is 56.9 Å². The van der Waals surface area contributed by atoms with Crippen molar-refractivity contribution < 1.29 is 4.52 Å². The molecule has 0 atom stereocenters. The molecule has 1 aliphatic rings. The Kier molecular flexibility index (Phi) is 8.03. The molecule has 0 unspecified atom stereocenters. The Balaban J connectivity index is 1.77. The summed E-state index contributed by atoms with van der Waals surface area (Å²) >= 11 is 1.87. The van der Waals surface area contributed by atoms with E-state index in [9.17, 15) is 0 Å². The van der Waals surface area contributed by atoms with Crippen LogP contribution in [0, 0.1) is 0 Å². The molecule has 1 aromatic heterocycles. The molecule has 0 spiro atoms. The molecule has 0 radical (unpaired) electrons. The first-order chi connectivity index (χ1) is 11.3. The highest BCUT2D eigenvalue weighted by Crippen LogP contribution is 2.07. The van der Waals surface area contributed by atoms with Crippen molar-refractivity contribution in [2.75, 3.05) is 50.8 Å². The Morgan fingerprint density at radius 1 is 1.48 bits per heavy atom. The lowest BCUT2D eigenvalue weighted by Crippen LogP contribution is -2.52. The molecule has 1 aromatic rings. The van der Waals surface area contributed by atoms with E-state index in [0.29, 0.717) is 0 Å². The molecule has 23 heavy (non-hydrogen) atoms. The highest BCUT2D eigenvalue weighted by atomic mass is 32.2. The van der Waals surface area contributed by atoms with E-state index in [1.165, 1.54) is 0 Å². The van der Waals surface area contributed by atoms with E-state index in [2.05, 4.69) is 33.8 Å². The lowest BCUT2D eigenvalue weighted by Gasteiger charge is -2.36. The number of nitrogens with zero attached hydrogens (tertiary/aromatic N) is 4. The van der Waals surface area contributed by atoms with Crippen LogP contribution in [-0.2, 0) is 6.54 Å². The van der Waals surface area contributed by atoms with Gasteiger partial charge in [-0.25, -0.2) is 0 Å². The Bertz CT molecular complexity index is 469. The molecule has 0 aliphatic carbocycles. The molecule has 7 heteroatoms. The maximum Gasteiger partial charge on any atom is 0.194 e. The molecule has 0 aromatic carbocycles. The minimum Gasteiger partial charge on any atom is -0.364 e. The van der Waals surface area contributed by atoms with Crippen molar-refractivity contribution in [3.8, 4) is 0 Å². The first-order valence-corrected chi connectivity index (χ1v) is 9.32. The lowest BCUT2D eigenvalue weighted by atomic mass is 10.3. The monoisotopic (exact) mass is 337 g/mol. The van der Waals surface area contributed by atoms with Gasteiger partial charge < -0.3 is 14.7 Å². The molecular formula is C16H27N5OS. The van der Waals surface area contributed by atoms with Crippen LogP contribution in [0.2, 0.25) is 0 Å².